The number of nitrogens with zero attached hydrogens (tertiary/aromatic N) is 1. The quantitative estimate of drug-likeness (QED) is 0.0272. The van der Waals surface area contributed by atoms with Crippen LogP contribution in [0.1, 0.15) is 277 Å². The average Bonchev–Trinajstić information content (AvgIpc) is 3.31. The van der Waals surface area contributed by atoms with Gasteiger partial charge in [-0.05, 0) is 64.2 Å². The van der Waals surface area contributed by atoms with Crippen LogP contribution in [0.2, 0.25) is 0 Å². The van der Waals surface area contributed by atoms with E-state index in [1.54, 1.807) is 6.08 Å². The average molecular weight is 992 g/mol. The zero-order valence-electron chi connectivity index (χ0n) is 46.3. The SMILES string of the molecule is CCCC/C=C/CC/C=C/CC/C=C/C(O)C(COP(=O)([O-])OCC[N+](C)(C)C)NC(=O)CCCCCCCCCCCCCCCCCCC/C=C\CCCCCCCCCCCCCCCC. The molecule has 0 aromatic carbocycles. The highest BCUT2D eigenvalue weighted by atomic mass is 31.2. The molecule has 1 amide bonds. The highest BCUT2D eigenvalue weighted by molar-refractivity contribution is 7.45. The van der Waals surface area contributed by atoms with Gasteiger partial charge in [-0.3, -0.25) is 9.36 Å². The van der Waals surface area contributed by atoms with Gasteiger partial charge in [-0.15, -0.1) is 0 Å². The van der Waals surface area contributed by atoms with E-state index in [0.717, 1.165) is 51.4 Å². The van der Waals surface area contributed by atoms with Gasteiger partial charge in [0.25, 0.3) is 7.82 Å². The Balaban J connectivity index is 3.95. The fourth-order valence-corrected chi connectivity index (χ4v) is 9.30. The number of hydrogen-bond acceptors (Lipinski definition) is 6. The summed E-state index contributed by atoms with van der Waals surface area (Å²) < 4.78 is 23.2. The van der Waals surface area contributed by atoms with Gasteiger partial charge < -0.3 is 28.8 Å². The van der Waals surface area contributed by atoms with Gasteiger partial charge >= 0.3 is 0 Å². The largest absolute Gasteiger partial charge is 0.756 e. The number of rotatable bonds is 54. The van der Waals surface area contributed by atoms with Crippen LogP contribution in [0.4, 0.5) is 0 Å². The van der Waals surface area contributed by atoms with Crippen LogP contribution in [0.3, 0.4) is 0 Å². The number of phosphoric acid groups is 1. The Kier molecular flexibility index (Phi) is 50.2. The Labute approximate surface area is 429 Å². The third-order valence-corrected chi connectivity index (χ3v) is 14.2. The zero-order valence-corrected chi connectivity index (χ0v) is 47.2. The minimum absolute atomic E-state index is 0.00900. The van der Waals surface area contributed by atoms with Crippen molar-refractivity contribution in [3.05, 3.63) is 48.6 Å². The van der Waals surface area contributed by atoms with Gasteiger partial charge in [0.2, 0.25) is 5.91 Å². The van der Waals surface area contributed by atoms with Crippen LogP contribution >= 0.6 is 7.82 Å². The molecule has 0 aromatic rings. The second-order valence-corrected chi connectivity index (χ2v) is 22.7. The molecule has 0 aromatic heterocycles. The van der Waals surface area contributed by atoms with Crippen LogP contribution in [0.25, 0.3) is 0 Å². The van der Waals surface area contributed by atoms with Crippen LogP contribution in [-0.2, 0) is 18.4 Å². The minimum Gasteiger partial charge on any atom is -0.756 e. The molecular formula is C60H115N2O6P. The number of allylic oxidation sites excluding steroid dienone is 7. The summed E-state index contributed by atoms with van der Waals surface area (Å²) in [6.45, 7) is 4.59. The van der Waals surface area contributed by atoms with Gasteiger partial charge in [0.05, 0.1) is 39.9 Å². The molecule has 406 valence electrons. The van der Waals surface area contributed by atoms with Crippen LogP contribution in [0.15, 0.2) is 48.6 Å². The first kappa shape index (κ1) is 67.5. The third-order valence-electron chi connectivity index (χ3n) is 13.2. The number of amides is 1. The monoisotopic (exact) mass is 991 g/mol. The molecule has 69 heavy (non-hydrogen) atoms. The lowest BCUT2D eigenvalue weighted by Crippen LogP contribution is -2.45. The first-order valence-corrected chi connectivity index (χ1v) is 31.0. The lowest BCUT2D eigenvalue weighted by molar-refractivity contribution is -0.870. The Morgan fingerprint density at radius 2 is 0.826 bits per heavy atom. The van der Waals surface area contributed by atoms with E-state index in [1.165, 1.54) is 205 Å². The standard InChI is InChI=1S/C60H115N2O6P/c1-6-8-10-12-14-16-18-20-21-22-23-24-25-26-27-28-29-30-31-32-33-34-35-36-37-38-39-40-41-42-44-46-48-50-52-54-60(64)61-58(57-68-69(65,66)67-56-55-62(3,4)5)59(63)53-51-49-47-45-43-19-17-15-13-11-9-7-2/h13,15,28-29,43,45,51,53,58-59,63H,6-12,14,16-27,30-42,44,46-50,52,54-57H2,1-5H3,(H-,61,64,65,66)/b15-13+,29-28-,45-43+,53-51+. The number of likely N-dealkylation sites (N-methyl/N-ethyl adjacent to an activating group) is 1. The van der Waals surface area contributed by atoms with Gasteiger partial charge in [-0.2, -0.15) is 0 Å². The summed E-state index contributed by atoms with van der Waals surface area (Å²) >= 11 is 0. The van der Waals surface area contributed by atoms with Crippen molar-refractivity contribution in [2.24, 2.45) is 0 Å². The van der Waals surface area contributed by atoms with Crippen molar-refractivity contribution in [2.45, 2.75) is 289 Å². The molecule has 2 N–H and O–H groups in total. The number of aliphatic hydroxyl groups is 1. The molecule has 0 spiro atoms. The molecule has 0 aliphatic heterocycles. The Morgan fingerprint density at radius 1 is 0.493 bits per heavy atom. The van der Waals surface area contributed by atoms with Crippen molar-refractivity contribution in [3.8, 4) is 0 Å². The summed E-state index contributed by atoms with van der Waals surface area (Å²) in [6.07, 6.45) is 68.0. The van der Waals surface area contributed by atoms with E-state index in [0.29, 0.717) is 17.4 Å². The number of hydrogen-bond donors (Lipinski definition) is 2. The van der Waals surface area contributed by atoms with E-state index < -0.39 is 26.6 Å². The topological polar surface area (TPSA) is 108 Å². The summed E-state index contributed by atoms with van der Waals surface area (Å²) in [4.78, 5) is 25.4. The van der Waals surface area contributed by atoms with Crippen molar-refractivity contribution in [1.82, 2.24) is 5.32 Å². The van der Waals surface area contributed by atoms with Crippen molar-refractivity contribution in [1.29, 1.82) is 0 Å². The molecule has 0 radical (unpaired) electrons. The van der Waals surface area contributed by atoms with Gasteiger partial charge in [-0.1, -0.05) is 255 Å². The predicted octanol–water partition coefficient (Wildman–Crippen LogP) is 17.3. The molecule has 0 saturated heterocycles. The molecule has 0 aliphatic rings. The van der Waals surface area contributed by atoms with Crippen molar-refractivity contribution < 1.29 is 32.9 Å². The van der Waals surface area contributed by atoms with E-state index in [9.17, 15) is 19.4 Å². The molecule has 8 nitrogen and oxygen atoms in total. The van der Waals surface area contributed by atoms with E-state index in [1.807, 2.05) is 27.2 Å². The van der Waals surface area contributed by atoms with Crippen molar-refractivity contribution in [2.75, 3.05) is 40.9 Å². The maximum Gasteiger partial charge on any atom is 0.268 e. The number of aliphatic hydroxyl groups excluding tert-OH is 1. The Bertz CT molecular complexity index is 1260. The first-order chi connectivity index (χ1) is 33.5. The fourth-order valence-electron chi connectivity index (χ4n) is 8.58. The van der Waals surface area contributed by atoms with Crippen molar-refractivity contribution >= 4 is 13.7 Å². The van der Waals surface area contributed by atoms with Crippen LogP contribution in [0.5, 0.6) is 0 Å². The summed E-state index contributed by atoms with van der Waals surface area (Å²) in [5.74, 6) is -0.210. The predicted molar refractivity (Wildman–Crippen MR) is 298 cm³/mol. The van der Waals surface area contributed by atoms with E-state index in [4.69, 9.17) is 9.05 Å². The molecule has 0 fully saturated rings. The first-order valence-electron chi connectivity index (χ1n) is 29.5. The molecule has 9 heteroatoms. The molecule has 0 saturated carbocycles. The zero-order chi connectivity index (χ0) is 50.6. The number of carbonyl (C=O) groups is 1. The van der Waals surface area contributed by atoms with E-state index >= 15 is 0 Å². The Hall–Kier alpha value is -1.54. The molecule has 3 unspecified atom stereocenters. The highest BCUT2D eigenvalue weighted by Gasteiger charge is 2.23. The van der Waals surface area contributed by atoms with Crippen LogP contribution in [-0.4, -0.2) is 68.5 Å². The normalized spacial score (nSPS) is 14.2. The summed E-state index contributed by atoms with van der Waals surface area (Å²) in [6, 6.07) is -0.908. The second-order valence-electron chi connectivity index (χ2n) is 21.3. The maximum absolute atomic E-state index is 12.9. The number of quaternary nitrogens is 1. The summed E-state index contributed by atoms with van der Waals surface area (Å²) in [7, 11) is 1.24. The summed E-state index contributed by atoms with van der Waals surface area (Å²) in [5.41, 5.74) is 0. The number of nitrogens with one attached hydrogen (secondary N) is 1. The molecular weight excluding hydrogens is 876 g/mol. The number of phosphoric ester groups is 1. The van der Waals surface area contributed by atoms with Crippen molar-refractivity contribution in [3.63, 3.8) is 0 Å². The van der Waals surface area contributed by atoms with Gasteiger partial charge in [0.1, 0.15) is 13.2 Å². The summed E-state index contributed by atoms with van der Waals surface area (Å²) in [5, 5.41) is 13.8. The van der Waals surface area contributed by atoms with Crippen LogP contribution in [0, 0.1) is 0 Å². The Morgan fingerprint density at radius 3 is 1.22 bits per heavy atom. The third kappa shape index (κ3) is 54.1. The minimum atomic E-state index is -4.60. The lowest BCUT2D eigenvalue weighted by atomic mass is 10.0. The highest BCUT2D eigenvalue weighted by Crippen LogP contribution is 2.38. The van der Waals surface area contributed by atoms with E-state index in [2.05, 4.69) is 55.6 Å². The fraction of sp³-hybridized carbons (Fsp3) is 0.850. The van der Waals surface area contributed by atoms with Gasteiger partial charge in [-0.25, -0.2) is 0 Å². The van der Waals surface area contributed by atoms with E-state index in [-0.39, 0.29) is 12.5 Å². The molecule has 0 aliphatic carbocycles. The molecule has 0 bridgehead atoms. The molecule has 0 rings (SSSR count). The smallest absolute Gasteiger partial charge is 0.268 e. The maximum atomic E-state index is 12.9. The van der Waals surface area contributed by atoms with Gasteiger partial charge in [0.15, 0.2) is 0 Å². The van der Waals surface area contributed by atoms with Crippen LogP contribution < -0.4 is 10.2 Å². The molecule has 3 atom stereocenters. The number of unbranched alkanes of at least 4 members (excludes halogenated alkanes) is 35. The molecule has 0 heterocycles. The number of carbonyl (C=O) groups excluding carboxylic acids is 1. The second kappa shape index (κ2) is 51.4. The lowest BCUT2D eigenvalue weighted by Gasteiger charge is -2.29. The van der Waals surface area contributed by atoms with Gasteiger partial charge in [0, 0.05) is 6.42 Å².